The van der Waals surface area contributed by atoms with Gasteiger partial charge in [0, 0.05) is 40.6 Å². The van der Waals surface area contributed by atoms with Crippen LogP contribution in [0.4, 0.5) is 0 Å². The fourth-order valence-electron chi connectivity index (χ4n) is 4.49. The van der Waals surface area contributed by atoms with Crippen molar-refractivity contribution in [2.75, 3.05) is 6.54 Å². The van der Waals surface area contributed by atoms with Gasteiger partial charge in [-0.3, -0.25) is 4.79 Å². The highest BCUT2D eigenvalue weighted by Gasteiger charge is 2.30. The van der Waals surface area contributed by atoms with Crippen molar-refractivity contribution in [2.45, 2.75) is 39.8 Å². The summed E-state index contributed by atoms with van der Waals surface area (Å²) in [6.07, 6.45) is 0.744. The summed E-state index contributed by atoms with van der Waals surface area (Å²) in [5.41, 5.74) is 6.16. The molecule has 1 aliphatic heterocycles. The van der Waals surface area contributed by atoms with E-state index >= 15 is 0 Å². The largest absolute Gasteiger partial charge is 0.332 e. The molecule has 4 heterocycles. The molecule has 5 rings (SSSR count). The van der Waals surface area contributed by atoms with Gasteiger partial charge in [-0.1, -0.05) is 40.5 Å². The number of rotatable bonds is 3. The second-order valence-electron chi connectivity index (χ2n) is 8.15. The Balaban J connectivity index is 1.54. The Morgan fingerprint density at radius 1 is 1.19 bits per heavy atom. The van der Waals surface area contributed by atoms with Crippen LogP contribution >= 0.6 is 27.5 Å². The van der Waals surface area contributed by atoms with E-state index < -0.39 is 0 Å². The average molecular weight is 513 g/mol. The van der Waals surface area contributed by atoms with Crippen molar-refractivity contribution < 1.29 is 4.79 Å². The summed E-state index contributed by atoms with van der Waals surface area (Å²) in [6, 6.07) is 13.8. The molecule has 0 saturated carbocycles. The van der Waals surface area contributed by atoms with Gasteiger partial charge in [0.1, 0.15) is 10.8 Å². The zero-order chi connectivity index (χ0) is 22.6. The normalized spacial score (nSPS) is 15.9. The van der Waals surface area contributed by atoms with E-state index in [2.05, 4.69) is 46.5 Å². The minimum Gasteiger partial charge on any atom is -0.332 e. The molecule has 0 fully saturated rings. The minimum absolute atomic E-state index is 0.0687. The van der Waals surface area contributed by atoms with Crippen LogP contribution in [0.1, 0.15) is 47.3 Å². The number of nitrogens with zero attached hydrogens (tertiary/aromatic N) is 5. The Labute approximate surface area is 199 Å². The first-order valence-electron chi connectivity index (χ1n) is 10.7. The number of hydrogen-bond acceptors (Lipinski definition) is 3. The molecule has 0 aliphatic carbocycles. The Morgan fingerprint density at radius 2 is 2.00 bits per heavy atom. The van der Waals surface area contributed by atoms with Crippen molar-refractivity contribution in [3.05, 3.63) is 74.7 Å². The van der Waals surface area contributed by atoms with Crippen molar-refractivity contribution in [1.82, 2.24) is 24.1 Å². The lowest BCUT2D eigenvalue weighted by atomic mass is 10.1. The Kier molecular flexibility index (Phi) is 5.34. The fourth-order valence-corrected chi connectivity index (χ4v) is 5.21. The number of halogens is 2. The molecule has 1 atom stereocenters. The van der Waals surface area contributed by atoms with E-state index in [4.69, 9.17) is 21.7 Å². The molecule has 1 unspecified atom stereocenters. The van der Waals surface area contributed by atoms with E-state index in [1.165, 1.54) is 0 Å². The SMILES string of the molecule is CCc1cc(C(=O)N2CCn3c(Cl)ccc3C2C)nc2cc(-c3ccc(Br)cc3C)nn12. The van der Waals surface area contributed by atoms with Gasteiger partial charge >= 0.3 is 0 Å². The molecule has 0 N–H and O–H groups in total. The van der Waals surface area contributed by atoms with E-state index in [-0.39, 0.29) is 11.9 Å². The number of carbonyl (C=O) groups is 1. The molecule has 1 aromatic carbocycles. The van der Waals surface area contributed by atoms with E-state index in [0.29, 0.717) is 29.6 Å². The molecule has 1 aliphatic rings. The van der Waals surface area contributed by atoms with Crippen molar-refractivity contribution in [2.24, 2.45) is 0 Å². The summed E-state index contributed by atoms with van der Waals surface area (Å²) in [7, 11) is 0. The van der Waals surface area contributed by atoms with Gasteiger partial charge < -0.3 is 9.47 Å². The topological polar surface area (TPSA) is 55.4 Å². The monoisotopic (exact) mass is 511 g/mol. The van der Waals surface area contributed by atoms with Crippen LogP contribution < -0.4 is 0 Å². The van der Waals surface area contributed by atoms with Crippen LogP contribution in [0.5, 0.6) is 0 Å². The third-order valence-electron chi connectivity index (χ3n) is 6.23. The smallest absolute Gasteiger partial charge is 0.273 e. The first-order valence-corrected chi connectivity index (χ1v) is 11.9. The maximum Gasteiger partial charge on any atom is 0.273 e. The first-order chi connectivity index (χ1) is 15.4. The third kappa shape index (κ3) is 3.44. The lowest BCUT2D eigenvalue weighted by Gasteiger charge is -2.35. The average Bonchev–Trinajstić information content (AvgIpc) is 3.37. The lowest BCUT2D eigenvalue weighted by molar-refractivity contribution is 0.0638. The predicted octanol–water partition coefficient (Wildman–Crippen LogP) is 5.70. The number of amides is 1. The maximum absolute atomic E-state index is 13.5. The molecular weight excluding hydrogens is 490 g/mol. The molecule has 3 aromatic heterocycles. The zero-order valence-corrected chi connectivity index (χ0v) is 20.5. The molecule has 0 saturated heterocycles. The van der Waals surface area contributed by atoms with Gasteiger partial charge in [0.2, 0.25) is 0 Å². The second kappa shape index (κ2) is 8.05. The molecule has 6 nitrogen and oxygen atoms in total. The van der Waals surface area contributed by atoms with Crippen LogP contribution in [0.25, 0.3) is 16.9 Å². The Hall–Kier alpha value is -2.64. The molecule has 0 radical (unpaired) electrons. The molecule has 0 spiro atoms. The van der Waals surface area contributed by atoms with Crippen molar-refractivity contribution >= 4 is 39.1 Å². The number of hydrogen-bond donors (Lipinski definition) is 0. The van der Waals surface area contributed by atoms with Crippen molar-refractivity contribution in [3.63, 3.8) is 0 Å². The highest BCUT2D eigenvalue weighted by Crippen LogP contribution is 2.31. The Morgan fingerprint density at radius 3 is 2.75 bits per heavy atom. The summed E-state index contributed by atoms with van der Waals surface area (Å²) in [5, 5.41) is 5.51. The summed E-state index contributed by atoms with van der Waals surface area (Å²) in [5.74, 6) is -0.0687. The zero-order valence-electron chi connectivity index (χ0n) is 18.1. The second-order valence-corrected chi connectivity index (χ2v) is 9.46. The van der Waals surface area contributed by atoms with Crippen LogP contribution in [-0.2, 0) is 13.0 Å². The Bertz CT molecular complexity index is 1360. The van der Waals surface area contributed by atoms with Gasteiger partial charge in [0.05, 0.1) is 11.7 Å². The molecular formula is C24H23BrClN5O. The van der Waals surface area contributed by atoms with Gasteiger partial charge in [0.25, 0.3) is 5.91 Å². The standard InChI is InChI=1S/C24H23BrClN5O/c1-4-17-12-20(24(32)29-9-10-30-21(15(29)3)7-8-22(30)26)27-23-13-19(28-31(17)23)18-6-5-16(25)11-14(18)2/h5-8,11-13,15H,4,9-10H2,1-3H3. The molecule has 0 bridgehead atoms. The molecule has 4 aromatic rings. The quantitative estimate of drug-likeness (QED) is 0.354. The van der Waals surface area contributed by atoms with E-state index in [9.17, 15) is 4.79 Å². The minimum atomic E-state index is -0.0715. The molecule has 164 valence electrons. The van der Waals surface area contributed by atoms with Gasteiger partial charge in [-0.2, -0.15) is 5.10 Å². The van der Waals surface area contributed by atoms with Gasteiger partial charge in [-0.25, -0.2) is 9.50 Å². The van der Waals surface area contributed by atoms with E-state index in [1.54, 1.807) is 0 Å². The fraction of sp³-hybridized carbons (Fsp3) is 0.292. The highest BCUT2D eigenvalue weighted by atomic mass is 79.9. The number of benzene rings is 1. The number of fused-ring (bicyclic) bond motifs is 2. The van der Waals surface area contributed by atoms with Gasteiger partial charge in [-0.15, -0.1) is 0 Å². The summed E-state index contributed by atoms with van der Waals surface area (Å²) < 4.78 is 4.94. The first kappa shape index (κ1) is 21.2. The summed E-state index contributed by atoms with van der Waals surface area (Å²) in [6.45, 7) is 7.44. The summed E-state index contributed by atoms with van der Waals surface area (Å²) >= 11 is 9.80. The molecule has 32 heavy (non-hydrogen) atoms. The van der Waals surface area contributed by atoms with Crippen LogP contribution in [0.2, 0.25) is 5.15 Å². The van der Waals surface area contributed by atoms with Crippen LogP contribution in [0.15, 0.2) is 46.9 Å². The van der Waals surface area contributed by atoms with Crippen LogP contribution in [0, 0.1) is 6.92 Å². The van der Waals surface area contributed by atoms with E-state index in [0.717, 1.165) is 39.1 Å². The lowest BCUT2D eigenvalue weighted by Crippen LogP contribution is -2.41. The van der Waals surface area contributed by atoms with Crippen LogP contribution in [-0.4, -0.2) is 36.5 Å². The predicted molar refractivity (Wildman–Crippen MR) is 129 cm³/mol. The van der Waals surface area contributed by atoms with Crippen LogP contribution in [0.3, 0.4) is 0 Å². The number of aryl methyl sites for hydroxylation is 2. The maximum atomic E-state index is 13.5. The van der Waals surface area contributed by atoms with Crippen molar-refractivity contribution in [3.8, 4) is 11.3 Å². The third-order valence-corrected chi connectivity index (χ3v) is 7.05. The molecule has 8 heteroatoms. The highest BCUT2D eigenvalue weighted by molar-refractivity contribution is 9.10. The number of aromatic nitrogens is 4. The van der Waals surface area contributed by atoms with Gasteiger partial charge in [0.15, 0.2) is 5.65 Å². The molecule has 1 amide bonds. The number of carbonyl (C=O) groups excluding carboxylic acids is 1. The summed E-state index contributed by atoms with van der Waals surface area (Å²) in [4.78, 5) is 20.1. The van der Waals surface area contributed by atoms with E-state index in [1.807, 2.05) is 46.7 Å². The van der Waals surface area contributed by atoms with Crippen molar-refractivity contribution in [1.29, 1.82) is 0 Å². The van der Waals surface area contributed by atoms with Gasteiger partial charge in [-0.05, 0) is 56.2 Å².